The van der Waals surface area contributed by atoms with Gasteiger partial charge in [0.05, 0.1) is 13.2 Å². The lowest BCUT2D eigenvalue weighted by Gasteiger charge is -2.25. The van der Waals surface area contributed by atoms with Gasteiger partial charge < -0.3 is 10.1 Å². The van der Waals surface area contributed by atoms with Crippen molar-refractivity contribution in [3.63, 3.8) is 0 Å². The summed E-state index contributed by atoms with van der Waals surface area (Å²) in [7, 11) is 0. The standard InChI is InChI=1S/C9H17NO2/c1-2-12-9(11)7-10-6-8-4-3-5-8/h8,10H,2-7H2,1H3. The highest BCUT2D eigenvalue weighted by molar-refractivity contribution is 5.71. The summed E-state index contributed by atoms with van der Waals surface area (Å²) in [5.41, 5.74) is 0. The number of hydrogen-bond donors (Lipinski definition) is 1. The third-order valence-corrected chi connectivity index (χ3v) is 2.23. The number of rotatable bonds is 5. The van der Waals surface area contributed by atoms with Gasteiger partial charge >= 0.3 is 5.97 Å². The van der Waals surface area contributed by atoms with Gasteiger partial charge in [0.15, 0.2) is 0 Å². The smallest absolute Gasteiger partial charge is 0.319 e. The van der Waals surface area contributed by atoms with Crippen LogP contribution in [0.5, 0.6) is 0 Å². The van der Waals surface area contributed by atoms with Gasteiger partial charge in [-0.25, -0.2) is 0 Å². The quantitative estimate of drug-likeness (QED) is 0.626. The van der Waals surface area contributed by atoms with Crippen LogP contribution in [-0.2, 0) is 9.53 Å². The maximum absolute atomic E-state index is 10.8. The van der Waals surface area contributed by atoms with Crippen molar-refractivity contribution in [3.05, 3.63) is 0 Å². The van der Waals surface area contributed by atoms with Crippen LogP contribution in [0, 0.1) is 5.92 Å². The molecule has 1 aliphatic carbocycles. The topological polar surface area (TPSA) is 38.3 Å². The van der Waals surface area contributed by atoms with Crippen LogP contribution < -0.4 is 5.32 Å². The number of carbonyl (C=O) groups is 1. The molecule has 0 radical (unpaired) electrons. The summed E-state index contributed by atoms with van der Waals surface area (Å²) in [5, 5.41) is 3.10. The SMILES string of the molecule is CCOC(=O)CNCC1CCC1. The Bertz CT molecular complexity index is 143. The van der Waals surface area contributed by atoms with Crippen LogP contribution in [0.3, 0.4) is 0 Å². The van der Waals surface area contributed by atoms with Crippen molar-refractivity contribution in [2.24, 2.45) is 5.92 Å². The molecule has 0 saturated heterocycles. The lowest BCUT2D eigenvalue weighted by molar-refractivity contribution is -0.142. The molecule has 3 nitrogen and oxygen atoms in total. The van der Waals surface area contributed by atoms with E-state index in [4.69, 9.17) is 4.74 Å². The maximum Gasteiger partial charge on any atom is 0.319 e. The highest BCUT2D eigenvalue weighted by atomic mass is 16.5. The maximum atomic E-state index is 10.8. The predicted octanol–water partition coefficient (Wildman–Crippen LogP) is 0.939. The summed E-state index contributed by atoms with van der Waals surface area (Å²) < 4.78 is 4.77. The second-order valence-electron chi connectivity index (χ2n) is 3.23. The first-order valence-corrected chi connectivity index (χ1v) is 4.69. The number of esters is 1. The fourth-order valence-corrected chi connectivity index (χ4v) is 1.29. The van der Waals surface area contributed by atoms with Crippen molar-refractivity contribution in [2.45, 2.75) is 26.2 Å². The Morgan fingerprint density at radius 2 is 2.33 bits per heavy atom. The Hall–Kier alpha value is -0.570. The van der Waals surface area contributed by atoms with E-state index < -0.39 is 0 Å². The summed E-state index contributed by atoms with van der Waals surface area (Å²) in [6.45, 7) is 3.64. The number of nitrogens with one attached hydrogen (secondary N) is 1. The Balaban J connectivity index is 1.90. The molecule has 1 rings (SSSR count). The zero-order valence-electron chi connectivity index (χ0n) is 7.64. The van der Waals surface area contributed by atoms with Crippen LogP contribution in [0.25, 0.3) is 0 Å². The van der Waals surface area contributed by atoms with Crippen LogP contribution in [0.4, 0.5) is 0 Å². The second kappa shape index (κ2) is 5.14. The van der Waals surface area contributed by atoms with Crippen molar-refractivity contribution in [3.8, 4) is 0 Å². The van der Waals surface area contributed by atoms with Crippen LogP contribution >= 0.6 is 0 Å². The van der Waals surface area contributed by atoms with Gasteiger partial charge in [-0.05, 0) is 32.2 Å². The fraction of sp³-hybridized carbons (Fsp3) is 0.889. The van der Waals surface area contributed by atoms with E-state index >= 15 is 0 Å². The summed E-state index contributed by atoms with van der Waals surface area (Å²) in [6, 6.07) is 0. The minimum Gasteiger partial charge on any atom is -0.465 e. The normalized spacial score (nSPS) is 17.1. The lowest BCUT2D eigenvalue weighted by atomic mass is 9.85. The molecule has 12 heavy (non-hydrogen) atoms. The van der Waals surface area contributed by atoms with Gasteiger partial charge in [-0.15, -0.1) is 0 Å². The molecule has 0 heterocycles. The van der Waals surface area contributed by atoms with Crippen molar-refractivity contribution in [1.82, 2.24) is 5.32 Å². The molecule has 0 unspecified atom stereocenters. The van der Waals surface area contributed by atoms with Gasteiger partial charge in [0.1, 0.15) is 0 Å². The zero-order valence-corrected chi connectivity index (χ0v) is 7.64. The lowest BCUT2D eigenvalue weighted by Crippen LogP contribution is -2.32. The monoisotopic (exact) mass is 171 g/mol. The third-order valence-electron chi connectivity index (χ3n) is 2.23. The Morgan fingerprint density at radius 3 is 2.83 bits per heavy atom. The Kier molecular flexibility index (Phi) is 4.08. The molecule has 0 bridgehead atoms. The van der Waals surface area contributed by atoms with E-state index in [1.54, 1.807) is 0 Å². The van der Waals surface area contributed by atoms with Crippen molar-refractivity contribution >= 4 is 5.97 Å². The van der Waals surface area contributed by atoms with Crippen molar-refractivity contribution < 1.29 is 9.53 Å². The number of hydrogen-bond acceptors (Lipinski definition) is 3. The van der Waals surface area contributed by atoms with Gasteiger partial charge in [0, 0.05) is 0 Å². The molecule has 1 saturated carbocycles. The molecule has 0 aromatic rings. The molecular weight excluding hydrogens is 154 g/mol. The average Bonchev–Trinajstić information content (AvgIpc) is 1.95. The molecule has 3 heteroatoms. The van der Waals surface area contributed by atoms with Crippen LogP contribution in [0.15, 0.2) is 0 Å². The summed E-state index contributed by atoms with van der Waals surface area (Å²) >= 11 is 0. The zero-order chi connectivity index (χ0) is 8.81. The molecule has 0 aliphatic heterocycles. The molecule has 0 aromatic carbocycles. The molecule has 1 aliphatic rings. The molecule has 0 atom stereocenters. The van der Waals surface area contributed by atoms with E-state index in [9.17, 15) is 4.79 Å². The molecule has 70 valence electrons. The minimum atomic E-state index is -0.142. The number of ether oxygens (including phenoxy) is 1. The third kappa shape index (κ3) is 3.22. The molecule has 0 spiro atoms. The van der Waals surface area contributed by atoms with Crippen LogP contribution in [0.2, 0.25) is 0 Å². The second-order valence-corrected chi connectivity index (χ2v) is 3.23. The van der Waals surface area contributed by atoms with Crippen molar-refractivity contribution in [2.75, 3.05) is 19.7 Å². The Morgan fingerprint density at radius 1 is 1.58 bits per heavy atom. The highest BCUT2D eigenvalue weighted by Crippen LogP contribution is 2.24. The van der Waals surface area contributed by atoms with Gasteiger partial charge in [0.2, 0.25) is 0 Å². The van der Waals surface area contributed by atoms with Gasteiger partial charge in [-0.1, -0.05) is 6.42 Å². The Labute approximate surface area is 73.5 Å². The summed E-state index contributed by atoms with van der Waals surface area (Å²) in [6.07, 6.45) is 3.98. The first-order valence-electron chi connectivity index (χ1n) is 4.69. The van der Waals surface area contributed by atoms with E-state index in [-0.39, 0.29) is 5.97 Å². The van der Waals surface area contributed by atoms with Gasteiger partial charge in [0.25, 0.3) is 0 Å². The van der Waals surface area contributed by atoms with E-state index in [0.717, 1.165) is 12.5 Å². The fourth-order valence-electron chi connectivity index (χ4n) is 1.29. The van der Waals surface area contributed by atoms with Crippen LogP contribution in [-0.4, -0.2) is 25.7 Å². The molecule has 1 fully saturated rings. The molecular formula is C9H17NO2. The molecule has 1 N–H and O–H groups in total. The van der Waals surface area contributed by atoms with Crippen molar-refractivity contribution in [1.29, 1.82) is 0 Å². The van der Waals surface area contributed by atoms with Gasteiger partial charge in [-0.2, -0.15) is 0 Å². The van der Waals surface area contributed by atoms with E-state index in [0.29, 0.717) is 13.2 Å². The van der Waals surface area contributed by atoms with E-state index in [2.05, 4.69) is 5.32 Å². The van der Waals surface area contributed by atoms with Gasteiger partial charge in [-0.3, -0.25) is 4.79 Å². The molecule has 0 aromatic heterocycles. The predicted molar refractivity (Wildman–Crippen MR) is 46.8 cm³/mol. The number of carbonyl (C=O) groups excluding carboxylic acids is 1. The first-order chi connectivity index (χ1) is 5.83. The largest absolute Gasteiger partial charge is 0.465 e. The summed E-state index contributed by atoms with van der Waals surface area (Å²) in [4.78, 5) is 10.8. The van der Waals surface area contributed by atoms with E-state index in [1.165, 1.54) is 19.3 Å². The minimum absolute atomic E-state index is 0.142. The first kappa shape index (κ1) is 9.52. The van der Waals surface area contributed by atoms with Crippen LogP contribution in [0.1, 0.15) is 26.2 Å². The summed E-state index contributed by atoms with van der Waals surface area (Å²) in [5.74, 6) is 0.663. The molecule has 0 amide bonds. The average molecular weight is 171 g/mol. The highest BCUT2D eigenvalue weighted by Gasteiger charge is 2.16. The van der Waals surface area contributed by atoms with E-state index in [1.807, 2.05) is 6.92 Å².